The highest BCUT2D eigenvalue weighted by molar-refractivity contribution is 5.23. The quantitative estimate of drug-likeness (QED) is 0.494. The van der Waals surface area contributed by atoms with Crippen molar-refractivity contribution in [3.63, 3.8) is 0 Å². The molecule has 1 atom stereocenters. The molecule has 0 saturated heterocycles. The first-order chi connectivity index (χ1) is 7.64. The maximum absolute atomic E-state index is 13.0. The predicted molar refractivity (Wildman–Crippen MR) is 44.0 cm³/mol. The molecule has 17 heavy (non-hydrogen) atoms. The summed E-state index contributed by atoms with van der Waals surface area (Å²) < 4.78 is 86.9. The summed E-state index contributed by atoms with van der Waals surface area (Å²) in [6.07, 6.45) is -6.02. The molecule has 1 rings (SSSR count). The molecule has 1 aromatic carbocycles. The average molecular weight is 261 g/mol. The Balaban J connectivity index is 3.09. The Morgan fingerprint density at radius 3 is 2.00 bits per heavy atom. The molecular formula is C9H6F7N. The third-order valence-corrected chi connectivity index (χ3v) is 2.04. The molecule has 0 saturated carbocycles. The monoisotopic (exact) mass is 261 g/mol. The zero-order chi connectivity index (χ0) is 13.4. The average Bonchev–Trinajstić information content (AvgIpc) is 2.21. The molecular weight excluding hydrogens is 255 g/mol. The minimum Gasteiger partial charge on any atom is -0.320 e. The van der Waals surface area contributed by atoms with Crippen LogP contribution in [0.25, 0.3) is 0 Å². The molecule has 0 aliphatic rings. The highest BCUT2D eigenvalue weighted by atomic mass is 19.4. The van der Waals surface area contributed by atoms with Gasteiger partial charge < -0.3 is 5.73 Å². The lowest BCUT2D eigenvalue weighted by atomic mass is 10.0. The van der Waals surface area contributed by atoms with E-state index in [1.165, 1.54) is 0 Å². The van der Waals surface area contributed by atoms with Gasteiger partial charge in [-0.15, -0.1) is 0 Å². The van der Waals surface area contributed by atoms with Crippen molar-refractivity contribution in [3.8, 4) is 0 Å². The molecule has 8 heteroatoms. The predicted octanol–water partition coefficient (Wildman–Crippen LogP) is 2.68. The Labute approximate surface area is 91.0 Å². The maximum Gasteiger partial charge on any atom is 0.403 e. The van der Waals surface area contributed by atoms with E-state index < -0.39 is 47.5 Å². The van der Waals surface area contributed by atoms with Gasteiger partial charge in [-0.3, -0.25) is 0 Å². The fraction of sp³-hybridized carbons (Fsp3) is 0.333. The van der Waals surface area contributed by atoms with Gasteiger partial charge >= 0.3 is 6.18 Å². The Hall–Kier alpha value is -1.31. The summed E-state index contributed by atoms with van der Waals surface area (Å²) in [5.41, 5.74) is 3.69. The van der Waals surface area contributed by atoms with Crippen molar-refractivity contribution >= 4 is 0 Å². The van der Waals surface area contributed by atoms with E-state index in [1.807, 2.05) is 0 Å². The molecule has 1 aromatic rings. The molecule has 0 amide bonds. The number of nitrogens with two attached hydrogens (primary N) is 1. The number of halogens is 7. The second-order valence-corrected chi connectivity index (χ2v) is 3.31. The summed E-state index contributed by atoms with van der Waals surface area (Å²) in [5.74, 6) is -7.88. The molecule has 0 fully saturated rings. The molecule has 0 aliphatic carbocycles. The highest BCUT2D eigenvalue weighted by Crippen LogP contribution is 2.25. The SMILES string of the molecule is NC(Cc1cc(F)c(F)c(F)c1F)C(F)(F)F. The van der Waals surface area contributed by atoms with E-state index >= 15 is 0 Å². The van der Waals surface area contributed by atoms with Crippen LogP contribution in [0.2, 0.25) is 0 Å². The number of rotatable bonds is 2. The first-order valence-electron chi connectivity index (χ1n) is 4.28. The summed E-state index contributed by atoms with van der Waals surface area (Å²) in [5, 5.41) is 0. The van der Waals surface area contributed by atoms with Crippen LogP contribution in [0.15, 0.2) is 6.07 Å². The van der Waals surface area contributed by atoms with Crippen molar-refractivity contribution < 1.29 is 30.7 Å². The van der Waals surface area contributed by atoms with Gasteiger partial charge in [-0.2, -0.15) is 13.2 Å². The normalized spacial score (nSPS) is 13.9. The van der Waals surface area contributed by atoms with Gasteiger partial charge in [0, 0.05) is 0 Å². The fourth-order valence-corrected chi connectivity index (χ4v) is 1.12. The lowest BCUT2D eigenvalue weighted by Crippen LogP contribution is -2.39. The minimum absolute atomic E-state index is 0.152. The fourth-order valence-electron chi connectivity index (χ4n) is 1.12. The Morgan fingerprint density at radius 1 is 1.00 bits per heavy atom. The number of hydrogen-bond acceptors (Lipinski definition) is 1. The van der Waals surface area contributed by atoms with E-state index in [9.17, 15) is 30.7 Å². The molecule has 0 aromatic heterocycles. The number of hydrogen-bond donors (Lipinski definition) is 1. The van der Waals surface area contributed by atoms with Crippen LogP contribution >= 0.6 is 0 Å². The summed E-state index contributed by atoms with van der Waals surface area (Å²) in [7, 11) is 0. The molecule has 0 aliphatic heterocycles. The molecule has 2 N–H and O–H groups in total. The summed E-state index contributed by atoms with van der Waals surface area (Å²) in [6.45, 7) is 0. The zero-order valence-corrected chi connectivity index (χ0v) is 8.08. The summed E-state index contributed by atoms with van der Waals surface area (Å²) in [4.78, 5) is 0. The molecule has 0 heterocycles. The first-order valence-corrected chi connectivity index (χ1v) is 4.28. The van der Waals surface area contributed by atoms with Gasteiger partial charge in [0.2, 0.25) is 0 Å². The molecule has 0 radical (unpaired) electrons. The van der Waals surface area contributed by atoms with Crippen molar-refractivity contribution in [2.75, 3.05) is 0 Å². The second kappa shape index (κ2) is 4.52. The van der Waals surface area contributed by atoms with Crippen LogP contribution in [-0.2, 0) is 6.42 Å². The molecule has 1 nitrogen and oxygen atoms in total. The second-order valence-electron chi connectivity index (χ2n) is 3.31. The zero-order valence-electron chi connectivity index (χ0n) is 8.08. The van der Waals surface area contributed by atoms with Crippen LogP contribution in [0.1, 0.15) is 5.56 Å². The van der Waals surface area contributed by atoms with E-state index in [0.29, 0.717) is 0 Å². The molecule has 1 unspecified atom stereocenters. The van der Waals surface area contributed by atoms with Gasteiger partial charge in [0.15, 0.2) is 23.3 Å². The van der Waals surface area contributed by atoms with Gasteiger partial charge in [-0.1, -0.05) is 0 Å². The van der Waals surface area contributed by atoms with Gasteiger partial charge in [-0.05, 0) is 18.1 Å². The number of alkyl halides is 3. The van der Waals surface area contributed by atoms with Crippen molar-refractivity contribution in [2.45, 2.75) is 18.6 Å². The van der Waals surface area contributed by atoms with E-state index in [-0.39, 0.29) is 6.07 Å². The first kappa shape index (κ1) is 13.8. The lowest BCUT2D eigenvalue weighted by Gasteiger charge is -2.16. The van der Waals surface area contributed by atoms with Crippen LogP contribution in [0.3, 0.4) is 0 Å². The third kappa shape index (κ3) is 2.87. The van der Waals surface area contributed by atoms with Gasteiger partial charge in [-0.25, -0.2) is 17.6 Å². The van der Waals surface area contributed by atoms with Gasteiger partial charge in [0.25, 0.3) is 0 Å². The van der Waals surface area contributed by atoms with Crippen LogP contribution in [-0.4, -0.2) is 12.2 Å². The van der Waals surface area contributed by atoms with E-state index in [2.05, 4.69) is 5.73 Å². The van der Waals surface area contributed by atoms with Crippen molar-refractivity contribution in [1.29, 1.82) is 0 Å². The van der Waals surface area contributed by atoms with Crippen molar-refractivity contribution in [3.05, 3.63) is 34.9 Å². The Bertz CT molecular complexity index is 426. The van der Waals surface area contributed by atoms with E-state index in [4.69, 9.17) is 0 Å². The minimum atomic E-state index is -4.84. The van der Waals surface area contributed by atoms with Crippen LogP contribution < -0.4 is 5.73 Å². The van der Waals surface area contributed by atoms with Crippen molar-refractivity contribution in [1.82, 2.24) is 0 Å². The largest absolute Gasteiger partial charge is 0.403 e. The van der Waals surface area contributed by atoms with Gasteiger partial charge in [0.05, 0.1) is 0 Å². The lowest BCUT2D eigenvalue weighted by molar-refractivity contribution is -0.147. The smallest absolute Gasteiger partial charge is 0.320 e. The maximum atomic E-state index is 13.0. The Morgan fingerprint density at radius 2 is 1.53 bits per heavy atom. The Kier molecular flexibility index (Phi) is 3.65. The standard InChI is InChI=1S/C9H6F7N/c10-4-1-3(2-5(17)9(14,15)16)6(11)8(13)7(4)12/h1,5H,2,17H2. The van der Waals surface area contributed by atoms with Crippen LogP contribution in [0.5, 0.6) is 0 Å². The summed E-state index contributed by atoms with van der Waals surface area (Å²) in [6, 6.07) is -2.33. The van der Waals surface area contributed by atoms with Gasteiger partial charge in [0.1, 0.15) is 6.04 Å². The molecule has 96 valence electrons. The third-order valence-electron chi connectivity index (χ3n) is 2.04. The topological polar surface area (TPSA) is 26.0 Å². The van der Waals surface area contributed by atoms with E-state index in [1.54, 1.807) is 0 Å². The molecule has 0 spiro atoms. The van der Waals surface area contributed by atoms with Crippen LogP contribution in [0, 0.1) is 23.3 Å². The number of benzene rings is 1. The summed E-state index contributed by atoms with van der Waals surface area (Å²) >= 11 is 0. The van der Waals surface area contributed by atoms with Crippen molar-refractivity contribution in [2.24, 2.45) is 5.73 Å². The molecule has 0 bridgehead atoms. The van der Waals surface area contributed by atoms with E-state index in [0.717, 1.165) is 0 Å². The highest BCUT2D eigenvalue weighted by Gasteiger charge is 2.37. The van der Waals surface area contributed by atoms with Crippen LogP contribution in [0.4, 0.5) is 30.7 Å².